The topological polar surface area (TPSA) is 214 Å². The summed E-state index contributed by atoms with van der Waals surface area (Å²) in [6, 6.07) is 0.838. The zero-order valence-corrected chi connectivity index (χ0v) is 20.5. The third kappa shape index (κ3) is 9.83. The average Bonchev–Trinajstić information content (AvgIpc) is 2.81. The quantitative estimate of drug-likeness (QED) is 0.139. The molecule has 0 bridgehead atoms. The number of thiol groups is 1. The van der Waals surface area contributed by atoms with Gasteiger partial charge in [0.25, 0.3) is 0 Å². The van der Waals surface area contributed by atoms with Crippen molar-refractivity contribution in [2.24, 2.45) is 17.4 Å². The Bertz CT molecular complexity index is 912. The first-order chi connectivity index (χ1) is 16.4. The number of rotatable bonds is 14. The van der Waals surface area contributed by atoms with Gasteiger partial charge in [-0.15, -0.1) is 0 Å². The van der Waals surface area contributed by atoms with Crippen molar-refractivity contribution in [1.29, 1.82) is 0 Å². The third-order valence-corrected chi connectivity index (χ3v) is 5.77. The summed E-state index contributed by atoms with van der Waals surface area (Å²) in [5.74, 6) is -4.98. The van der Waals surface area contributed by atoms with Crippen LogP contribution in [0.15, 0.2) is 24.3 Å². The van der Waals surface area contributed by atoms with Crippen molar-refractivity contribution >= 4 is 42.2 Å². The van der Waals surface area contributed by atoms with Crippen LogP contribution in [0.1, 0.15) is 32.3 Å². The molecule has 0 radical (unpaired) electrons. The average molecular weight is 512 g/mol. The van der Waals surface area contributed by atoms with Gasteiger partial charge in [-0.25, -0.2) is 4.79 Å². The number of aliphatic carboxylic acids is 1. The molecule has 0 aliphatic heterocycles. The lowest BCUT2D eigenvalue weighted by Gasteiger charge is -2.25. The number of carboxylic acid groups (broad SMARTS) is 1. The van der Waals surface area contributed by atoms with Crippen molar-refractivity contribution in [3.05, 3.63) is 29.8 Å². The highest BCUT2D eigenvalue weighted by atomic mass is 32.1. The Kier molecular flexibility index (Phi) is 12.0. The van der Waals surface area contributed by atoms with E-state index in [4.69, 9.17) is 11.5 Å². The van der Waals surface area contributed by atoms with Crippen LogP contribution in [0.5, 0.6) is 5.75 Å². The molecule has 0 spiro atoms. The van der Waals surface area contributed by atoms with E-state index in [2.05, 4.69) is 28.6 Å². The van der Waals surface area contributed by atoms with Gasteiger partial charge in [0, 0.05) is 12.2 Å². The molecular weight excluding hydrogens is 478 g/mol. The molecule has 1 aromatic carbocycles. The molecule has 5 unspecified atom stereocenters. The number of amides is 4. The third-order valence-electron chi connectivity index (χ3n) is 5.40. The highest BCUT2D eigenvalue weighted by Gasteiger charge is 2.31. The van der Waals surface area contributed by atoms with Crippen LogP contribution in [-0.2, 0) is 30.4 Å². The van der Waals surface area contributed by atoms with Gasteiger partial charge in [-0.2, -0.15) is 12.6 Å². The molecule has 1 rings (SSSR count). The first-order valence-corrected chi connectivity index (χ1v) is 11.6. The van der Waals surface area contributed by atoms with Crippen molar-refractivity contribution < 1.29 is 34.2 Å². The number of nitrogens with two attached hydrogens (primary N) is 2. The number of primary amides is 1. The molecular formula is C22H33N5O7S. The van der Waals surface area contributed by atoms with Gasteiger partial charge in [-0.1, -0.05) is 32.4 Å². The molecule has 0 aliphatic carbocycles. The van der Waals surface area contributed by atoms with Crippen LogP contribution in [0.3, 0.4) is 0 Å². The summed E-state index contributed by atoms with van der Waals surface area (Å²) in [4.78, 5) is 61.2. The van der Waals surface area contributed by atoms with E-state index in [1.54, 1.807) is 6.92 Å². The summed E-state index contributed by atoms with van der Waals surface area (Å²) in [6.07, 6.45) is -0.0286. The number of benzene rings is 1. The predicted molar refractivity (Wildman–Crippen MR) is 130 cm³/mol. The molecule has 35 heavy (non-hydrogen) atoms. The Balaban J connectivity index is 3.14. The number of phenolic OH excluding ortho intramolecular Hbond substituents is 1. The number of carbonyl (C=O) groups is 5. The van der Waals surface area contributed by atoms with Crippen LogP contribution in [0, 0.1) is 5.92 Å². The van der Waals surface area contributed by atoms with Gasteiger partial charge in [-0.05, 0) is 23.6 Å². The molecule has 0 saturated carbocycles. The Labute approximate surface area is 208 Å². The molecule has 194 valence electrons. The molecule has 4 amide bonds. The van der Waals surface area contributed by atoms with Crippen molar-refractivity contribution in [2.75, 3.05) is 5.75 Å². The van der Waals surface area contributed by atoms with E-state index in [0.717, 1.165) is 0 Å². The lowest BCUT2D eigenvalue weighted by atomic mass is 9.98. The Morgan fingerprint density at radius 2 is 1.46 bits per heavy atom. The number of hydrogen-bond acceptors (Lipinski definition) is 8. The van der Waals surface area contributed by atoms with Crippen LogP contribution < -0.4 is 27.4 Å². The zero-order valence-electron chi connectivity index (χ0n) is 19.6. The number of nitrogens with one attached hydrogen (secondary N) is 3. The van der Waals surface area contributed by atoms with E-state index < -0.39 is 60.2 Å². The van der Waals surface area contributed by atoms with E-state index in [1.807, 2.05) is 6.92 Å². The summed E-state index contributed by atoms with van der Waals surface area (Å²) in [5.41, 5.74) is 11.7. The van der Waals surface area contributed by atoms with Gasteiger partial charge >= 0.3 is 5.97 Å². The lowest BCUT2D eigenvalue weighted by Crippen LogP contribution is -2.58. The fraction of sp³-hybridized carbons (Fsp3) is 0.500. The maximum absolute atomic E-state index is 13.0. The number of aromatic hydroxyl groups is 1. The van der Waals surface area contributed by atoms with E-state index in [9.17, 15) is 34.2 Å². The molecule has 0 heterocycles. The maximum Gasteiger partial charge on any atom is 0.327 e. The van der Waals surface area contributed by atoms with Crippen molar-refractivity contribution in [2.45, 2.75) is 57.3 Å². The van der Waals surface area contributed by atoms with E-state index in [1.165, 1.54) is 24.3 Å². The first kappa shape index (κ1) is 29.7. The predicted octanol–water partition coefficient (Wildman–Crippen LogP) is -1.35. The second-order valence-electron chi connectivity index (χ2n) is 8.16. The minimum absolute atomic E-state index is 0.0123. The van der Waals surface area contributed by atoms with Gasteiger partial charge < -0.3 is 37.6 Å². The standard InChI is InChI=1S/C22H33N5O7S/c1-3-11(2)18(24)21(32)26-15(9-17(23)29)20(31)25-14(8-12-4-6-13(28)7-5-12)19(30)27-16(10-35)22(33)34/h4-7,11,14-16,18,28,35H,3,8-10,24H2,1-2H3,(H2,23,29)(H,25,31)(H,26,32)(H,27,30)(H,33,34). The minimum Gasteiger partial charge on any atom is -0.508 e. The van der Waals surface area contributed by atoms with Gasteiger partial charge in [0.1, 0.15) is 23.9 Å². The van der Waals surface area contributed by atoms with Crippen molar-refractivity contribution in [3.8, 4) is 5.75 Å². The largest absolute Gasteiger partial charge is 0.508 e. The summed E-state index contributed by atoms with van der Waals surface area (Å²) in [6.45, 7) is 3.60. The molecule has 9 N–H and O–H groups in total. The van der Waals surface area contributed by atoms with Crippen LogP contribution in [-0.4, -0.2) is 69.7 Å². The summed E-state index contributed by atoms with van der Waals surface area (Å²) < 4.78 is 0. The lowest BCUT2D eigenvalue weighted by molar-refractivity contribution is -0.141. The highest BCUT2D eigenvalue weighted by molar-refractivity contribution is 7.80. The minimum atomic E-state index is -1.41. The Morgan fingerprint density at radius 3 is 1.94 bits per heavy atom. The SMILES string of the molecule is CCC(C)C(N)C(=O)NC(CC(N)=O)C(=O)NC(Cc1ccc(O)cc1)C(=O)NC(CS)C(=O)O. The van der Waals surface area contributed by atoms with Gasteiger partial charge in [-0.3, -0.25) is 19.2 Å². The number of hydrogen-bond donors (Lipinski definition) is 8. The molecule has 0 saturated heterocycles. The first-order valence-electron chi connectivity index (χ1n) is 11.0. The highest BCUT2D eigenvalue weighted by Crippen LogP contribution is 2.12. The van der Waals surface area contributed by atoms with Gasteiger partial charge in [0.2, 0.25) is 23.6 Å². The molecule has 12 nitrogen and oxygen atoms in total. The van der Waals surface area contributed by atoms with Gasteiger partial charge in [0.15, 0.2) is 0 Å². The molecule has 1 aromatic rings. The monoisotopic (exact) mass is 511 g/mol. The van der Waals surface area contributed by atoms with E-state index in [0.29, 0.717) is 12.0 Å². The van der Waals surface area contributed by atoms with E-state index in [-0.39, 0.29) is 23.8 Å². The zero-order chi connectivity index (χ0) is 26.7. The van der Waals surface area contributed by atoms with Crippen LogP contribution in [0.25, 0.3) is 0 Å². The molecule has 0 aliphatic rings. The van der Waals surface area contributed by atoms with Crippen LogP contribution in [0.4, 0.5) is 0 Å². The van der Waals surface area contributed by atoms with Crippen molar-refractivity contribution in [3.63, 3.8) is 0 Å². The summed E-state index contributed by atoms with van der Waals surface area (Å²) in [7, 11) is 0. The maximum atomic E-state index is 13.0. The summed E-state index contributed by atoms with van der Waals surface area (Å²) in [5, 5.41) is 25.8. The fourth-order valence-corrected chi connectivity index (χ4v) is 3.25. The molecule has 13 heteroatoms. The second-order valence-corrected chi connectivity index (χ2v) is 8.52. The van der Waals surface area contributed by atoms with Crippen molar-refractivity contribution in [1.82, 2.24) is 16.0 Å². The Hall–Kier alpha value is -3.32. The second kappa shape index (κ2) is 14.2. The number of carbonyl (C=O) groups excluding carboxylic acids is 4. The molecule has 5 atom stereocenters. The normalized spacial score (nSPS) is 15.1. The fourth-order valence-electron chi connectivity index (χ4n) is 3.00. The Morgan fingerprint density at radius 1 is 0.943 bits per heavy atom. The van der Waals surface area contributed by atoms with Crippen LogP contribution in [0.2, 0.25) is 0 Å². The van der Waals surface area contributed by atoms with E-state index >= 15 is 0 Å². The number of carboxylic acids is 1. The van der Waals surface area contributed by atoms with Crippen LogP contribution >= 0.6 is 12.6 Å². The molecule has 0 fully saturated rings. The smallest absolute Gasteiger partial charge is 0.327 e. The van der Waals surface area contributed by atoms with Gasteiger partial charge in [0.05, 0.1) is 12.5 Å². The summed E-state index contributed by atoms with van der Waals surface area (Å²) >= 11 is 3.91. The number of phenols is 1. The molecule has 0 aromatic heterocycles.